The number of rotatable bonds is 7. The van der Waals surface area contributed by atoms with E-state index < -0.39 is 5.97 Å². The van der Waals surface area contributed by atoms with Crippen LogP contribution < -0.4 is 9.47 Å². The van der Waals surface area contributed by atoms with Gasteiger partial charge in [0.05, 0.1) is 24.3 Å². The molecule has 0 saturated carbocycles. The van der Waals surface area contributed by atoms with Gasteiger partial charge in [-0.15, -0.1) is 0 Å². The molecule has 0 radical (unpaired) electrons. The molecule has 6 heteroatoms. The van der Waals surface area contributed by atoms with E-state index in [4.69, 9.17) is 14.6 Å². The van der Waals surface area contributed by atoms with E-state index in [2.05, 4.69) is 22.0 Å². The lowest BCUT2D eigenvalue weighted by molar-refractivity contribution is 0.0697. The van der Waals surface area contributed by atoms with Gasteiger partial charge in [0.25, 0.3) is 0 Å². The van der Waals surface area contributed by atoms with Gasteiger partial charge in [-0.25, -0.2) is 4.79 Å². The number of aromatic carboxylic acids is 1. The minimum absolute atomic E-state index is 0.171. The Morgan fingerprint density at radius 2 is 1.70 bits per heavy atom. The average Bonchev–Trinajstić information content (AvgIpc) is 2.77. The highest BCUT2D eigenvalue weighted by Crippen LogP contribution is 2.30. The number of hydrogen-bond donors (Lipinski definition) is 1. The molecule has 150 valence electrons. The van der Waals surface area contributed by atoms with Gasteiger partial charge in [0, 0.05) is 4.47 Å². The quantitative estimate of drug-likeness (QED) is 0.353. The summed E-state index contributed by atoms with van der Waals surface area (Å²) in [4.78, 5) is 11.0. The lowest BCUT2D eigenvalue weighted by atomic mass is 10.0. The number of carbonyl (C=O) groups is 1. The van der Waals surface area contributed by atoms with Crippen molar-refractivity contribution in [2.45, 2.75) is 6.61 Å². The molecule has 0 saturated heterocycles. The van der Waals surface area contributed by atoms with Crippen LogP contribution in [0.25, 0.3) is 11.6 Å². The number of nitrogens with zero attached hydrogens (tertiary/aromatic N) is 1. The fourth-order valence-corrected chi connectivity index (χ4v) is 3.04. The molecule has 3 aromatic rings. The number of carboxylic acid groups (broad SMARTS) is 1. The predicted octanol–water partition coefficient (Wildman–Crippen LogP) is 5.80. The number of carboxylic acids is 1. The molecule has 0 aliphatic rings. The highest BCUT2D eigenvalue weighted by Gasteiger charge is 2.08. The lowest BCUT2D eigenvalue weighted by Crippen LogP contribution is -1.98. The third-order valence-corrected chi connectivity index (χ3v) is 4.90. The predicted molar refractivity (Wildman–Crippen MR) is 118 cm³/mol. The molecule has 0 spiro atoms. The average molecular weight is 464 g/mol. The smallest absolute Gasteiger partial charge is 0.335 e. The zero-order chi connectivity index (χ0) is 21.5. The van der Waals surface area contributed by atoms with E-state index in [1.54, 1.807) is 37.5 Å². The Morgan fingerprint density at radius 3 is 2.30 bits per heavy atom. The van der Waals surface area contributed by atoms with E-state index in [9.17, 15) is 10.1 Å². The number of benzene rings is 3. The van der Waals surface area contributed by atoms with Crippen molar-refractivity contribution in [3.8, 4) is 17.6 Å². The standard InChI is InChI=1S/C24H18BrNO4/c1-29-23-13-17(4-11-22(23)30-15-16-2-9-21(25)10-3-16)12-20(14-26)18-5-7-19(8-6-18)24(27)28/h2-13H,15H2,1H3,(H,27,28)/b20-12-. The molecule has 1 N–H and O–H groups in total. The van der Waals surface area contributed by atoms with E-state index in [1.165, 1.54) is 12.1 Å². The SMILES string of the molecule is COc1cc(/C=C(/C#N)c2ccc(C(=O)O)cc2)ccc1OCc1ccc(Br)cc1. The molecule has 0 atom stereocenters. The fourth-order valence-electron chi connectivity index (χ4n) is 2.77. The summed E-state index contributed by atoms with van der Waals surface area (Å²) in [6.07, 6.45) is 1.72. The van der Waals surface area contributed by atoms with Crippen LogP contribution in [0.15, 0.2) is 71.2 Å². The largest absolute Gasteiger partial charge is 0.493 e. The van der Waals surface area contributed by atoms with E-state index in [0.29, 0.717) is 29.2 Å². The summed E-state index contributed by atoms with van der Waals surface area (Å²) in [6.45, 7) is 0.401. The highest BCUT2D eigenvalue weighted by atomic mass is 79.9. The van der Waals surface area contributed by atoms with Crippen molar-refractivity contribution in [2.75, 3.05) is 7.11 Å². The monoisotopic (exact) mass is 463 g/mol. The van der Waals surface area contributed by atoms with E-state index in [-0.39, 0.29) is 5.56 Å². The van der Waals surface area contributed by atoms with Crippen LogP contribution in [0.2, 0.25) is 0 Å². The van der Waals surface area contributed by atoms with Gasteiger partial charge < -0.3 is 14.6 Å². The Kier molecular flexibility index (Phi) is 6.89. The zero-order valence-corrected chi connectivity index (χ0v) is 17.7. The molecular weight excluding hydrogens is 446 g/mol. The maximum atomic E-state index is 11.0. The molecule has 30 heavy (non-hydrogen) atoms. The Morgan fingerprint density at radius 1 is 1.03 bits per heavy atom. The summed E-state index contributed by atoms with van der Waals surface area (Å²) in [6, 6.07) is 21.6. The molecule has 0 aliphatic heterocycles. The molecule has 3 aromatic carbocycles. The van der Waals surface area contributed by atoms with Crippen molar-refractivity contribution in [3.63, 3.8) is 0 Å². The van der Waals surface area contributed by atoms with Crippen LogP contribution in [0.4, 0.5) is 0 Å². The van der Waals surface area contributed by atoms with Crippen LogP contribution in [0.5, 0.6) is 11.5 Å². The van der Waals surface area contributed by atoms with Crippen molar-refractivity contribution in [1.29, 1.82) is 5.26 Å². The van der Waals surface area contributed by atoms with Crippen LogP contribution in [-0.2, 0) is 6.61 Å². The summed E-state index contributed by atoms with van der Waals surface area (Å²) < 4.78 is 12.3. The summed E-state index contributed by atoms with van der Waals surface area (Å²) in [5, 5.41) is 18.5. The minimum atomic E-state index is -1.01. The summed E-state index contributed by atoms with van der Waals surface area (Å²) >= 11 is 3.41. The fraction of sp³-hybridized carbons (Fsp3) is 0.0833. The van der Waals surface area contributed by atoms with Gasteiger partial charge in [-0.1, -0.05) is 46.3 Å². The molecule has 5 nitrogen and oxygen atoms in total. The van der Waals surface area contributed by atoms with Crippen LogP contribution in [0, 0.1) is 11.3 Å². The Balaban J connectivity index is 1.80. The van der Waals surface area contributed by atoms with E-state index >= 15 is 0 Å². The van der Waals surface area contributed by atoms with Gasteiger partial charge in [0.2, 0.25) is 0 Å². The number of halogens is 1. The first-order chi connectivity index (χ1) is 14.5. The van der Waals surface area contributed by atoms with Crippen LogP contribution in [-0.4, -0.2) is 18.2 Å². The van der Waals surface area contributed by atoms with Crippen LogP contribution >= 0.6 is 15.9 Å². The van der Waals surface area contributed by atoms with Gasteiger partial charge in [-0.05, 0) is 59.2 Å². The maximum Gasteiger partial charge on any atom is 0.335 e. The molecule has 0 bridgehead atoms. The molecule has 0 fully saturated rings. The molecule has 0 unspecified atom stereocenters. The number of allylic oxidation sites excluding steroid dienone is 1. The molecular formula is C24H18BrNO4. The number of methoxy groups -OCH3 is 1. The second kappa shape index (κ2) is 9.77. The highest BCUT2D eigenvalue weighted by molar-refractivity contribution is 9.10. The Labute approximate surface area is 182 Å². The molecule has 0 aliphatic carbocycles. The third kappa shape index (κ3) is 5.28. The van der Waals surface area contributed by atoms with Gasteiger partial charge in [-0.3, -0.25) is 0 Å². The van der Waals surface area contributed by atoms with Gasteiger partial charge in [0.1, 0.15) is 6.61 Å². The zero-order valence-electron chi connectivity index (χ0n) is 16.1. The lowest BCUT2D eigenvalue weighted by Gasteiger charge is -2.12. The molecule has 0 aromatic heterocycles. The van der Waals surface area contributed by atoms with Gasteiger partial charge in [-0.2, -0.15) is 5.26 Å². The number of hydrogen-bond acceptors (Lipinski definition) is 4. The second-order valence-electron chi connectivity index (χ2n) is 6.38. The van der Waals surface area contributed by atoms with Gasteiger partial charge >= 0.3 is 5.97 Å². The summed E-state index contributed by atoms with van der Waals surface area (Å²) in [5.41, 5.74) is 3.02. The van der Waals surface area contributed by atoms with Crippen molar-refractivity contribution in [2.24, 2.45) is 0 Å². The topological polar surface area (TPSA) is 79.5 Å². The summed E-state index contributed by atoms with van der Waals surface area (Å²) in [7, 11) is 1.56. The number of nitriles is 1. The van der Waals surface area contributed by atoms with Gasteiger partial charge in [0.15, 0.2) is 11.5 Å². The Hall–Kier alpha value is -3.56. The number of ether oxygens (including phenoxy) is 2. The normalized spacial score (nSPS) is 10.9. The van der Waals surface area contributed by atoms with Crippen LogP contribution in [0.3, 0.4) is 0 Å². The first-order valence-corrected chi connectivity index (χ1v) is 9.80. The second-order valence-corrected chi connectivity index (χ2v) is 7.29. The molecule has 0 amide bonds. The Bertz CT molecular complexity index is 1110. The third-order valence-electron chi connectivity index (χ3n) is 4.37. The first-order valence-electron chi connectivity index (χ1n) is 9.01. The van der Waals surface area contributed by atoms with Crippen LogP contribution in [0.1, 0.15) is 27.0 Å². The minimum Gasteiger partial charge on any atom is -0.493 e. The summed E-state index contributed by atoms with van der Waals surface area (Å²) in [5.74, 6) is 0.147. The van der Waals surface area contributed by atoms with E-state index in [1.807, 2.05) is 30.3 Å². The van der Waals surface area contributed by atoms with Crippen molar-refractivity contribution in [3.05, 3.63) is 93.5 Å². The first kappa shape index (κ1) is 21.2. The molecule has 0 heterocycles. The van der Waals surface area contributed by atoms with E-state index in [0.717, 1.165) is 15.6 Å². The van der Waals surface area contributed by atoms with Crippen molar-refractivity contribution in [1.82, 2.24) is 0 Å². The van der Waals surface area contributed by atoms with Crippen molar-refractivity contribution < 1.29 is 19.4 Å². The maximum absolute atomic E-state index is 11.0. The molecule has 3 rings (SSSR count). The van der Waals surface area contributed by atoms with Crippen molar-refractivity contribution >= 4 is 33.5 Å².